The summed E-state index contributed by atoms with van der Waals surface area (Å²) >= 11 is 10.1. The van der Waals surface area contributed by atoms with Gasteiger partial charge in [-0.1, -0.05) is 30.3 Å². The molecule has 0 amide bonds. The molecule has 0 spiro atoms. The normalized spacial score (nSPS) is 12.1. The highest BCUT2D eigenvalue weighted by atomic mass is 32.1. The van der Waals surface area contributed by atoms with Gasteiger partial charge in [0.15, 0.2) is 5.11 Å². The van der Waals surface area contributed by atoms with Crippen molar-refractivity contribution in [2.24, 2.45) is 15.3 Å². The lowest BCUT2D eigenvalue weighted by molar-refractivity contribution is 0.475. The zero-order chi connectivity index (χ0) is 20.5. The zero-order valence-corrected chi connectivity index (χ0v) is 17.3. The Labute approximate surface area is 173 Å². The highest BCUT2D eigenvalue weighted by Crippen LogP contribution is 2.25. The third kappa shape index (κ3) is 5.96. The molecule has 10 heteroatoms. The molecule has 0 atom stereocenters. The molecule has 2 aromatic carbocycles. The average molecular weight is 416 g/mol. The van der Waals surface area contributed by atoms with E-state index >= 15 is 0 Å². The molecule has 0 aliphatic heterocycles. The SMILES string of the molecule is CNC(=S)NN=C(C)C(C)=NNC(=S)N/N=C/c1c(O)ccc2ccccc12. The highest BCUT2D eigenvalue weighted by molar-refractivity contribution is 7.80. The fourth-order valence-electron chi connectivity index (χ4n) is 2.09. The molecule has 8 nitrogen and oxygen atoms in total. The summed E-state index contributed by atoms with van der Waals surface area (Å²) in [7, 11) is 1.70. The molecule has 146 valence electrons. The van der Waals surface area contributed by atoms with Gasteiger partial charge in [0.25, 0.3) is 0 Å². The Balaban J connectivity index is 1.97. The summed E-state index contributed by atoms with van der Waals surface area (Å²) in [6.45, 7) is 3.56. The van der Waals surface area contributed by atoms with E-state index in [1.165, 1.54) is 6.21 Å². The lowest BCUT2D eigenvalue weighted by Crippen LogP contribution is -2.31. The zero-order valence-electron chi connectivity index (χ0n) is 15.6. The molecule has 2 aromatic rings. The molecule has 0 heterocycles. The Hall–Kier alpha value is -3.11. The van der Waals surface area contributed by atoms with Crippen LogP contribution in [-0.4, -0.2) is 40.0 Å². The lowest BCUT2D eigenvalue weighted by Gasteiger charge is -2.06. The number of nitrogens with zero attached hydrogens (tertiary/aromatic N) is 3. The standard InChI is InChI=1S/C18H21N7OS2/c1-11(21-24-17(27)19-3)12(2)22-25-18(28)23-20-10-15-14-7-5-4-6-13(14)8-9-16(15)26/h4-10,26H,1-3H3,(H2,19,24,27)(H2,23,25,28)/b20-10+,21-11?,22-12?. The van der Waals surface area contributed by atoms with E-state index in [4.69, 9.17) is 24.4 Å². The van der Waals surface area contributed by atoms with Crippen LogP contribution in [0.5, 0.6) is 5.75 Å². The predicted octanol–water partition coefficient (Wildman–Crippen LogP) is 2.19. The van der Waals surface area contributed by atoms with E-state index in [1.807, 2.05) is 30.3 Å². The Morgan fingerprint density at radius 2 is 1.57 bits per heavy atom. The van der Waals surface area contributed by atoms with Gasteiger partial charge in [0.05, 0.1) is 17.6 Å². The number of nitrogens with one attached hydrogen (secondary N) is 4. The molecule has 0 aliphatic rings. The summed E-state index contributed by atoms with van der Waals surface area (Å²) in [6.07, 6.45) is 1.51. The Morgan fingerprint density at radius 1 is 0.929 bits per heavy atom. The molecule has 0 aromatic heterocycles. The monoisotopic (exact) mass is 415 g/mol. The number of phenols is 1. The van der Waals surface area contributed by atoms with E-state index < -0.39 is 0 Å². The van der Waals surface area contributed by atoms with Gasteiger partial charge in [0.1, 0.15) is 5.75 Å². The Bertz CT molecular complexity index is 970. The second kappa shape index (κ2) is 10.3. The fourth-order valence-corrected chi connectivity index (χ4v) is 2.23. The van der Waals surface area contributed by atoms with Crippen LogP contribution in [0, 0.1) is 0 Å². The quantitative estimate of drug-likeness (QED) is 0.290. The Morgan fingerprint density at radius 3 is 2.25 bits per heavy atom. The molecule has 5 N–H and O–H groups in total. The van der Waals surface area contributed by atoms with Gasteiger partial charge in [-0.2, -0.15) is 15.3 Å². The van der Waals surface area contributed by atoms with Crippen molar-refractivity contribution in [3.05, 3.63) is 42.0 Å². The third-order valence-electron chi connectivity index (χ3n) is 3.71. The van der Waals surface area contributed by atoms with Crippen molar-refractivity contribution in [1.82, 2.24) is 21.6 Å². The molecular formula is C18H21N7OS2. The van der Waals surface area contributed by atoms with Crippen LogP contribution < -0.4 is 21.6 Å². The van der Waals surface area contributed by atoms with Crippen LogP contribution in [0.15, 0.2) is 51.7 Å². The van der Waals surface area contributed by atoms with Crippen LogP contribution in [0.4, 0.5) is 0 Å². The largest absolute Gasteiger partial charge is 0.507 e. The second-order valence-corrected chi connectivity index (χ2v) is 6.43. The molecule has 0 radical (unpaired) electrons. The van der Waals surface area contributed by atoms with Crippen molar-refractivity contribution in [1.29, 1.82) is 0 Å². The molecule has 0 saturated carbocycles. The summed E-state index contributed by atoms with van der Waals surface area (Å²) in [5, 5.41) is 27.6. The van der Waals surface area contributed by atoms with Crippen molar-refractivity contribution in [3.8, 4) is 5.75 Å². The minimum Gasteiger partial charge on any atom is -0.507 e. The molecule has 2 rings (SSSR count). The summed E-state index contributed by atoms with van der Waals surface area (Å²) in [6, 6.07) is 11.2. The summed E-state index contributed by atoms with van der Waals surface area (Å²) < 4.78 is 0. The van der Waals surface area contributed by atoms with E-state index in [9.17, 15) is 5.11 Å². The maximum absolute atomic E-state index is 10.1. The first kappa shape index (κ1) is 21.2. The van der Waals surface area contributed by atoms with Gasteiger partial charge >= 0.3 is 0 Å². The number of rotatable bonds is 5. The minimum atomic E-state index is 0.135. The van der Waals surface area contributed by atoms with Crippen LogP contribution in [-0.2, 0) is 0 Å². The first-order valence-corrected chi connectivity index (χ1v) is 9.10. The first-order valence-electron chi connectivity index (χ1n) is 8.28. The molecule has 0 unspecified atom stereocenters. The molecular weight excluding hydrogens is 394 g/mol. The Kier molecular flexibility index (Phi) is 7.78. The predicted molar refractivity (Wildman–Crippen MR) is 123 cm³/mol. The molecule has 0 aliphatic carbocycles. The minimum absolute atomic E-state index is 0.135. The van der Waals surface area contributed by atoms with Crippen molar-refractivity contribution < 1.29 is 5.11 Å². The van der Waals surface area contributed by atoms with Gasteiger partial charge in [-0.05, 0) is 55.1 Å². The van der Waals surface area contributed by atoms with Crippen LogP contribution in [0.3, 0.4) is 0 Å². The third-order valence-corrected chi connectivity index (χ3v) is 4.19. The maximum Gasteiger partial charge on any atom is 0.207 e. The van der Waals surface area contributed by atoms with Gasteiger partial charge in [-0.15, -0.1) is 0 Å². The number of hydrogen-bond donors (Lipinski definition) is 5. The molecule has 28 heavy (non-hydrogen) atoms. The number of aromatic hydroxyl groups is 1. The number of hydrogen-bond acceptors (Lipinski definition) is 6. The number of fused-ring (bicyclic) bond motifs is 1. The number of thiocarbonyl (C=S) groups is 2. The van der Waals surface area contributed by atoms with E-state index in [0.717, 1.165) is 10.8 Å². The van der Waals surface area contributed by atoms with Gasteiger partial charge in [-0.25, -0.2) is 0 Å². The van der Waals surface area contributed by atoms with Crippen molar-refractivity contribution in [3.63, 3.8) is 0 Å². The summed E-state index contributed by atoms with van der Waals surface area (Å²) in [4.78, 5) is 0. The summed E-state index contributed by atoms with van der Waals surface area (Å²) in [5.74, 6) is 0.135. The van der Waals surface area contributed by atoms with Gasteiger partial charge in [-0.3, -0.25) is 16.3 Å². The van der Waals surface area contributed by atoms with Gasteiger partial charge in [0.2, 0.25) is 5.11 Å². The van der Waals surface area contributed by atoms with Crippen molar-refractivity contribution >= 4 is 63.1 Å². The number of benzene rings is 2. The van der Waals surface area contributed by atoms with Crippen LogP contribution in [0.25, 0.3) is 10.8 Å². The number of phenolic OH excluding ortho intramolecular Hbond substituents is 1. The maximum atomic E-state index is 10.1. The van der Waals surface area contributed by atoms with Crippen LogP contribution >= 0.6 is 24.4 Å². The van der Waals surface area contributed by atoms with Crippen molar-refractivity contribution in [2.75, 3.05) is 7.05 Å². The van der Waals surface area contributed by atoms with E-state index in [1.54, 1.807) is 27.0 Å². The van der Waals surface area contributed by atoms with E-state index in [0.29, 0.717) is 22.1 Å². The second-order valence-electron chi connectivity index (χ2n) is 5.62. The van der Waals surface area contributed by atoms with Gasteiger partial charge < -0.3 is 10.4 Å². The number of hydrazone groups is 3. The van der Waals surface area contributed by atoms with E-state index in [-0.39, 0.29) is 10.9 Å². The molecule has 0 saturated heterocycles. The highest BCUT2D eigenvalue weighted by Gasteiger charge is 2.04. The smallest absolute Gasteiger partial charge is 0.207 e. The average Bonchev–Trinajstić information content (AvgIpc) is 2.71. The first-order chi connectivity index (χ1) is 13.4. The van der Waals surface area contributed by atoms with Crippen molar-refractivity contribution in [2.45, 2.75) is 13.8 Å². The lowest BCUT2D eigenvalue weighted by atomic mass is 10.0. The van der Waals surface area contributed by atoms with Crippen LogP contribution in [0.1, 0.15) is 19.4 Å². The molecule has 0 bridgehead atoms. The van der Waals surface area contributed by atoms with E-state index in [2.05, 4.69) is 36.9 Å². The fraction of sp³-hybridized carbons (Fsp3) is 0.167. The molecule has 0 fully saturated rings. The van der Waals surface area contributed by atoms with Crippen LogP contribution in [0.2, 0.25) is 0 Å². The topological polar surface area (TPSA) is 105 Å². The summed E-state index contributed by atoms with van der Waals surface area (Å²) in [5.41, 5.74) is 9.87. The van der Waals surface area contributed by atoms with Gasteiger partial charge in [0, 0.05) is 12.6 Å².